The zero-order valence-corrected chi connectivity index (χ0v) is 7.27. The Labute approximate surface area is 71.2 Å². The van der Waals surface area contributed by atoms with Gasteiger partial charge in [-0.15, -0.1) is 0 Å². The third-order valence-corrected chi connectivity index (χ3v) is 2.52. The summed E-state index contributed by atoms with van der Waals surface area (Å²) in [6.07, 6.45) is -3.51. The van der Waals surface area contributed by atoms with Gasteiger partial charge in [-0.05, 0) is 6.92 Å². The van der Waals surface area contributed by atoms with Gasteiger partial charge in [-0.1, -0.05) is 6.92 Å². The first-order chi connectivity index (χ1) is 5.57. The van der Waals surface area contributed by atoms with Gasteiger partial charge in [0.05, 0.1) is 12.7 Å². The second kappa shape index (κ2) is 3.68. The summed E-state index contributed by atoms with van der Waals surface area (Å²) in [5.74, 6) is -0.317. The molecule has 2 N–H and O–H groups in total. The van der Waals surface area contributed by atoms with Crippen LogP contribution in [0.15, 0.2) is 0 Å². The Bertz CT molecular complexity index is 148. The van der Waals surface area contributed by atoms with Crippen molar-refractivity contribution in [2.75, 3.05) is 6.61 Å². The maximum absolute atomic E-state index is 13.2. The minimum atomic E-state index is -1.30. The Hall–Kier alpha value is -0.190. The largest absolute Gasteiger partial charge is 0.394 e. The van der Waals surface area contributed by atoms with Crippen molar-refractivity contribution in [3.05, 3.63) is 0 Å². The van der Waals surface area contributed by atoms with E-state index in [0.29, 0.717) is 0 Å². The molecule has 72 valence electrons. The lowest BCUT2D eigenvalue weighted by Crippen LogP contribution is -2.52. The standard InChI is InChI=1S/C8H15FO3/c1-4-5(2)12-6(3-10)8(11)7(4)9/h4-8,10-11H,3H2,1-2H3/t4-,5+,6-,7+,8-/m1/s1. The molecule has 0 spiro atoms. The highest BCUT2D eigenvalue weighted by atomic mass is 19.1. The molecule has 3 nitrogen and oxygen atoms in total. The average Bonchev–Trinajstić information content (AvgIpc) is 2.08. The topological polar surface area (TPSA) is 49.7 Å². The maximum Gasteiger partial charge on any atom is 0.134 e. The highest BCUT2D eigenvalue weighted by Gasteiger charge is 2.40. The molecule has 5 atom stereocenters. The van der Waals surface area contributed by atoms with E-state index in [9.17, 15) is 9.50 Å². The van der Waals surface area contributed by atoms with Crippen molar-refractivity contribution in [1.29, 1.82) is 0 Å². The number of alkyl halides is 1. The van der Waals surface area contributed by atoms with Gasteiger partial charge in [-0.25, -0.2) is 4.39 Å². The molecule has 0 aromatic heterocycles. The fourth-order valence-electron chi connectivity index (χ4n) is 1.41. The van der Waals surface area contributed by atoms with Gasteiger partial charge in [0, 0.05) is 5.92 Å². The SMILES string of the molecule is C[C@H]1[C@H](F)[C@H](O)[C@@H](CO)O[C@H]1C. The third kappa shape index (κ3) is 1.60. The molecule has 0 amide bonds. The van der Waals surface area contributed by atoms with E-state index >= 15 is 0 Å². The Morgan fingerprint density at radius 1 is 1.42 bits per heavy atom. The molecule has 1 aliphatic rings. The van der Waals surface area contributed by atoms with Crippen LogP contribution in [-0.4, -0.2) is 41.3 Å². The fourth-order valence-corrected chi connectivity index (χ4v) is 1.41. The van der Waals surface area contributed by atoms with Crippen LogP contribution in [0.4, 0.5) is 4.39 Å². The van der Waals surface area contributed by atoms with Gasteiger partial charge in [-0.3, -0.25) is 0 Å². The quantitative estimate of drug-likeness (QED) is 0.598. The minimum Gasteiger partial charge on any atom is -0.394 e. The molecule has 1 heterocycles. The van der Waals surface area contributed by atoms with Crippen LogP contribution in [0.2, 0.25) is 0 Å². The van der Waals surface area contributed by atoms with E-state index in [1.807, 2.05) is 0 Å². The molecule has 0 aromatic rings. The first-order valence-corrected chi connectivity index (χ1v) is 4.16. The number of hydrogen-bond donors (Lipinski definition) is 2. The van der Waals surface area contributed by atoms with Crippen molar-refractivity contribution in [3.63, 3.8) is 0 Å². The van der Waals surface area contributed by atoms with Crippen LogP contribution in [0, 0.1) is 5.92 Å². The van der Waals surface area contributed by atoms with Gasteiger partial charge < -0.3 is 14.9 Å². The molecule has 12 heavy (non-hydrogen) atoms. The zero-order chi connectivity index (χ0) is 9.30. The summed E-state index contributed by atoms with van der Waals surface area (Å²) in [7, 11) is 0. The van der Waals surface area contributed by atoms with E-state index < -0.39 is 18.4 Å². The molecule has 1 aliphatic heterocycles. The normalized spacial score (nSPS) is 49.2. The van der Waals surface area contributed by atoms with Gasteiger partial charge in [-0.2, -0.15) is 0 Å². The number of ether oxygens (including phenoxy) is 1. The second-order valence-corrected chi connectivity index (χ2v) is 3.36. The lowest BCUT2D eigenvalue weighted by atomic mass is 9.90. The van der Waals surface area contributed by atoms with Crippen LogP contribution >= 0.6 is 0 Å². The van der Waals surface area contributed by atoms with Crippen LogP contribution in [0.3, 0.4) is 0 Å². The van der Waals surface area contributed by atoms with Gasteiger partial charge in [0.1, 0.15) is 18.4 Å². The van der Waals surface area contributed by atoms with E-state index in [-0.39, 0.29) is 18.6 Å². The van der Waals surface area contributed by atoms with E-state index in [2.05, 4.69) is 0 Å². The van der Waals surface area contributed by atoms with Crippen LogP contribution in [0.25, 0.3) is 0 Å². The van der Waals surface area contributed by atoms with Gasteiger partial charge >= 0.3 is 0 Å². The highest BCUT2D eigenvalue weighted by Crippen LogP contribution is 2.27. The minimum absolute atomic E-state index is 0.249. The number of aliphatic hydroxyl groups excluding tert-OH is 2. The maximum atomic E-state index is 13.2. The molecule has 1 rings (SSSR count). The smallest absolute Gasteiger partial charge is 0.134 e. The predicted molar refractivity (Wildman–Crippen MR) is 41.5 cm³/mol. The molecule has 1 fully saturated rings. The third-order valence-electron chi connectivity index (χ3n) is 2.52. The summed E-state index contributed by atoms with van der Waals surface area (Å²) in [6, 6.07) is 0. The number of rotatable bonds is 1. The van der Waals surface area contributed by atoms with Gasteiger partial charge in [0.2, 0.25) is 0 Å². The molecular formula is C8H15FO3. The van der Waals surface area contributed by atoms with Crippen LogP contribution < -0.4 is 0 Å². The number of hydrogen-bond acceptors (Lipinski definition) is 3. The monoisotopic (exact) mass is 178 g/mol. The van der Waals surface area contributed by atoms with Crippen molar-refractivity contribution in [1.82, 2.24) is 0 Å². The summed E-state index contributed by atoms with van der Waals surface area (Å²) in [6.45, 7) is 3.09. The van der Waals surface area contributed by atoms with Crippen LogP contribution in [0.5, 0.6) is 0 Å². The van der Waals surface area contributed by atoms with Crippen molar-refractivity contribution in [2.45, 2.75) is 38.3 Å². The average molecular weight is 178 g/mol. The number of aliphatic hydroxyl groups is 2. The van der Waals surface area contributed by atoms with Gasteiger partial charge in [0.25, 0.3) is 0 Å². The Morgan fingerprint density at radius 3 is 2.50 bits per heavy atom. The molecule has 0 bridgehead atoms. The first-order valence-electron chi connectivity index (χ1n) is 4.16. The molecule has 0 aliphatic carbocycles. The lowest BCUT2D eigenvalue weighted by Gasteiger charge is -2.38. The Kier molecular flexibility index (Phi) is 3.04. The lowest BCUT2D eigenvalue weighted by molar-refractivity contribution is -0.181. The predicted octanol–water partition coefficient (Wildman–Crippen LogP) is 0.101. The van der Waals surface area contributed by atoms with E-state index in [1.54, 1.807) is 13.8 Å². The Balaban J connectivity index is 2.63. The Morgan fingerprint density at radius 2 is 2.00 bits per heavy atom. The second-order valence-electron chi connectivity index (χ2n) is 3.36. The van der Waals surface area contributed by atoms with Crippen molar-refractivity contribution in [3.8, 4) is 0 Å². The molecule has 0 aromatic carbocycles. The van der Waals surface area contributed by atoms with E-state index in [4.69, 9.17) is 9.84 Å². The number of halogens is 1. The first kappa shape index (κ1) is 9.89. The molecule has 0 saturated carbocycles. The summed E-state index contributed by atoms with van der Waals surface area (Å²) < 4.78 is 18.4. The molecule has 0 unspecified atom stereocenters. The van der Waals surface area contributed by atoms with Gasteiger partial charge in [0.15, 0.2) is 0 Å². The van der Waals surface area contributed by atoms with Crippen LogP contribution in [-0.2, 0) is 4.74 Å². The summed E-state index contributed by atoms with van der Waals surface area (Å²) in [5, 5.41) is 18.0. The zero-order valence-electron chi connectivity index (χ0n) is 7.27. The summed E-state index contributed by atoms with van der Waals surface area (Å²) in [4.78, 5) is 0. The van der Waals surface area contributed by atoms with Crippen LogP contribution in [0.1, 0.15) is 13.8 Å². The molecular weight excluding hydrogens is 163 g/mol. The highest BCUT2D eigenvalue weighted by molar-refractivity contribution is 4.88. The fraction of sp³-hybridized carbons (Fsp3) is 1.00. The van der Waals surface area contributed by atoms with E-state index in [0.717, 1.165) is 0 Å². The summed E-state index contributed by atoms with van der Waals surface area (Å²) in [5.41, 5.74) is 0. The van der Waals surface area contributed by atoms with E-state index in [1.165, 1.54) is 0 Å². The summed E-state index contributed by atoms with van der Waals surface area (Å²) >= 11 is 0. The van der Waals surface area contributed by atoms with Crippen molar-refractivity contribution in [2.24, 2.45) is 5.92 Å². The van der Waals surface area contributed by atoms with Crippen molar-refractivity contribution >= 4 is 0 Å². The van der Waals surface area contributed by atoms with Crippen molar-refractivity contribution < 1.29 is 19.3 Å². The molecule has 0 radical (unpaired) electrons. The molecule has 4 heteroatoms. The molecule has 1 saturated heterocycles.